The Morgan fingerprint density at radius 1 is 1.32 bits per heavy atom. The molecule has 0 amide bonds. The smallest absolute Gasteiger partial charge is 0.340 e. The molecule has 134 valence electrons. The molecule has 0 unspecified atom stereocenters. The maximum atomic E-state index is 12.2. The lowest BCUT2D eigenvalue weighted by atomic mass is 9.97. The first-order valence-electron chi connectivity index (χ1n) is 8.49. The van der Waals surface area contributed by atoms with E-state index in [1.165, 1.54) is 0 Å². The fraction of sp³-hybridized carbons (Fsp3) is 0.421. The number of benzene rings is 1. The number of esters is 1. The average molecular weight is 345 g/mol. The van der Waals surface area contributed by atoms with Crippen molar-refractivity contribution in [3.63, 3.8) is 0 Å². The van der Waals surface area contributed by atoms with Gasteiger partial charge in [0, 0.05) is 17.8 Å². The first-order chi connectivity index (χ1) is 12.0. The van der Waals surface area contributed by atoms with Crippen LogP contribution >= 0.6 is 0 Å². The molecular weight excluding hydrogens is 322 g/mol. The van der Waals surface area contributed by atoms with E-state index in [1.807, 2.05) is 18.4 Å². The molecule has 0 aliphatic carbocycles. The van der Waals surface area contributed by atoms with Crippen LogP contribution in [0.3, 0.4) is 0 Å². The quantitative estimate of drug-likeness (QED) is 0.815. The number of nitrogens with zero attached hydrogens (tertiary/aromatic N) is 1. The van der Waals surface area contributed by atoms with Gasteiger partial charge in [0.2, 0.25) is 0 Å². The van der Waals surface area contributed by atoms with Crippen LogP contribution in [0.4, 0.5) is 0 Å². The summed E-state index contributed by atoms with van der Waals surface area (Å²) in [6.07, 6.45) is 0.629. The molecule has 0 spiro atoms. The van der Waals surface area contributed by atoms with Crippen molar-refractivity contribution >= 4 is 5.97 Å². The molecule has 6 heteroatoms. The molecule has 2 aromatic rings. The monoisotopic (exact) mass is 345 g/mol. The minimum Gasteiger partial charge on any atom is -0.504 e. The van der Waals surface area contributed by atoms with Gasteiger partial charge in [0.15, 0.2) is 11.5 Å². The van der Waals surface area contributed by atoms with Crippen LogP contribution in [-0.2, 0) is 24.3 Å². The molecule has 0 radical (unpaired) electrons. The molecule has 2 N–H and O–H groups in total. The van der Waals surface area contributed by atoms with Gasteiger partial charge >= 0.3 is 5.97 Å². The summed E-state index contributed by atoms with van der Waals surface area (Å²) in [4.78, 5) is 12.2. The highest BCUT2D eigenvalue weighted by Gasteiger charge is 2.26. The summed E-state index contributed by atoms with van der Waals surface area (Å²) in [6.45, 7) is 6.20. The number of phenolic OH excluding ortho intramolecular Hbond substituents is 1. The van der Waals surface area contributed by atoms with Crippen molar-refractivity contribution in [2.24, 2.45) is 0 Å². The van der Waals surface area contributed by atoms with E-state index in [4.69, 9.17) is 9.47 Å². The summed E-state index contributed by atoms with van der Waals surface area (Å²) in [6, 6.07) is 5.26. The summed E-state index contributed by atoms with van der Waals surface area (Å²) in [7, 11) is 0. The Labute approximate surface area is 146 Å². The van der Waals surface area contributed by atoms with Crippen LogP contribution in [0, 0.1) is 0 Å². The third-order valence-electron chi connectivity index (χ3n) is 4.28. The molecule has 25 heavy (non-hydrogen) atoms. The molecular formula is C19H23NO5. The van der Waals surface area contributed by atoms with Gasteiger partial charge in [-0.05, 0) is 51.0 Å². The Morgan fingerprint density at radius 3 is 2.72 bits per heavy atom. The van der Waals surface area contributed by atoms with Gasteiger partial charge in [-0.15, -0.1) is 0 Å². The number of ether oxygens (including phenoxy) is 2. The lowest BCUT2D eigenvalue weighted by Crippen LogP contribution is -2.15. The number of aryl methyl sites for hydroxylation is 1. The highest BCUT2D eigenvalue weighted by atomic mass is 16.5. The van der Waals surface area contributed by atoms with Gasteiger partial charge in [-0.1, -0.05) is 0 Å². The van der Waals surface area contributed by atoms with Gasteiger partial charge in [0.05, 0.1) is 30.6 Å². The second kappa shape index (κ2) is 6.80. The number of aliphatic hydroxyl groups is 1. The number of aromatic hydroxyl groups is 1. The van der Waals surface area contributed by atoms with Gasteiger partial charge in [-0.3, -0.25) is 0 Å². The predicted molar refractivity (Wildman–Crippen MR) is 92.9 cm³/mol. The first kappa shape index (κ1) is 17.4. The number of aliphatic hydroxyl groups excluding tert-OH is 1. The van der Waals surface area contributed by atoms with Crippen molar-refractivity contribution in [2.45, 2.75) is 46.4 Å². The van der Waals surface area contributed by atoms with Crippen molar-refractivity contribution in [2.75, 3.05) is 6.61 Å². The molecule has 0 fully saturated rings. The number of hydrogen-bond acceptors (Lipinski definition) is 5. The Kier molecular flexibility index (Phi) is 4.72. The number of rotatable bonds is 5. The van der Waals surface area contributed by atoms with E-state index < -0.39 is 5.97 Å². The fourth-order valence-corrected chi connectivity index (χ4v) is 3.26. The molecule has 0 saturated heterocycles. The molecule has 6 nitrogen and oxygen atoms in total. The number of fused-ring (bicyclic) bond motifs is 3. The molecule has 0 atom stereocenters. The lowest BCUT2D eigenvalue weighted by molar-refractivity contribution is 0.0522. The lowest BCUT2D eigenvalue weighted by Gasteiger charge is -2.23. The van der Waals surface area contributed by atoms with E-state index in [2.05, 4.69) is 0 Å². The highest BCUT2D eigenvalue weighted by Crippen LogP contribution is 2.40. The number of carbonyl (C=O) groups excluding carboxylic acids is 1. The summed E-state index contributed by atoms with van der Waals surface area (Å²) >= 11 is 0. The van der Waals surface area contributed by atoms with Crippen LogP contribution in [0.15, 0.2) is 18.2 Å². The van der Waals surface area contributed by atoms with Crippen molar-refractivity contribution in [3.05, 3.63) is 35.0 Å². The molecule has 1 aromatic carbocycles. The number of hydrogen-bond donors (Lipinski definition) is 2. The van der Waals surface area contributed by atoms with Crippen molar-refractivity contribution in [3.8, 4) is 22.8 Å². The van der Waals surface area contributed by atoms with Crippen molar-refractivity contribution in [1.82, 2.24) is 4.57 Å². The van der Waals surface area contributed by atoms with E-state index in [9.17, 15) is 15.0 Å². The molecule has 1 aliphatic heterocycles. The summed E-state index contributed by atoms with van der Waals surface area (Å²) in [5.74, 6) is 0.0829. The molecule has 2 heterocycles. The predicted octanol–water partition coefficient (Wildman–Crippen LogP) is 2.87. The second-order valence-electron chi connectivity index (χ2n) is 6.31. The highest BCUT2D eigenvalue weighted by molar-refractivity contribution is 5.93. The Hall–Kier alpha value is -2.47. The van der Waals surface area contributed by atoms with Gasteiger partial charge in [-0.2, -0.15) is 0 Å². The molecule has 0 saturated carbocycles. The van der Waals surface area contributed by atoms with E-state index in [-0.39, 0.29) is 25.1 Å². The standard InChI is InChI=1S/C19H23NO5/c1-4-24-19(23)14-8-15-13-9-18(25-11(2)3)17(22)7-12(13)5-6-20(15)16(14)10-21/h7-9,11,21-22H,4-6,10H2,1-3H3. The maximum absolute atomic E-state index is 12.2. The Bertz CT molecular complexity index is 807. The minimum atomic E-state index is -0.438. The Balaban J connectivity index is 2.13. The fourth-order valence-electron chi connectivity index (χ4n) is 3.26. The Morgan fingerprint density at radius 2 is 2.08 bits per heavy atom. The summed E-state index contributed by atoms with van der Waals surface area (Å²) in [5.41, 5.74) is 3.63. The van der Waals surface area contributed by atoms with Crippen LogP contribution < -0.4 is 4.74 Å². The third-order valence-corrected chi connectivity index (χ3v) is 4.28. The zero-order chi connectivity index (χ0) is 18.1. The van der Waals surface area contributed by atoms with Crippen LogP contribution in [0.5, 0.6) is 11.5 Å². The zero-order valence-electron chi connectivity index (χ0n) is 14.7. The van der Waals surface area contributed by atoms with E-state index in [1.54, 1.807) is 25.1 Å². The van der Waals surface area contributed by atoms with E-state index >= 15 is 0 Å². The van der Waals surface area contributed by atoms with Gasteiger partial charge < -0.3 is 24.3 Å². The van der Waals surface area contributed by atoms with Crippen LogP contribution in [-0.4, -0.2) is 33.5 Å². The number of phenols is 1. The van der Waals surface area contributed by atoms with Crippen LogP contribution in [0.2, 0.25) is 0 Å². The van der Waals surface area contributed by atoms with Gasteiger partial charge in [-0.25, -0.2) is 4.79 Å². The molecule has 1 aliphatic rings. The second-order valence-corrected chi connectivity index (χ2v) is 6.31. The summed E-state index contributed by atoms with van der Waals surface area (Å²) < 4.78 is 12.7. The van der Waals surface area contributed by atoms with E-state index in [0.29, 0.717) is 30.0 Å². The topological polar surface area (TPSA) is 80.9 Å². The van der Waals surface area contributed by atoms with Gasteiger partial charge in [0.25, 0.3) is 0 Å². The number of aromatic nitrogens is 1. The maximum Gasteiger partial charge on any atom is 0.340 e. The van der Waals surface area contributed by atoms with Gasteiger partial charge in [0.1, 0.15) is 0 Å². The largest absolute Gasteiger partial charge is 0.504 e. The molecule has 0 bridgehead atoms. The number of carbonyl (C=O) groups is 1. The van der Waals surface area contributed by atoms with E-state index in [0.717, 1.165) is 16.8 Å². The minimum absolute atomic E-state index is 0.0672. The molecule has 3 rings (SSSR count). The normalized spacial score (nSPS) is 12.7. The SMILES string of the molecule is CCOC(=O)c1cc2n(c1CO)CCc1cc(O)c(OC(C)C)cc1-2. The average Bonchev–Trinajstić information content (AvgIpc) is 2.94. The zero-order valence-corrected chi connectivity index (χ0v) is 14.7. The summed E-state index contributed by atoms with van der Waals surface area (Å²) in [5, 5.41) is 19.9. The van der Waals surface area contributed by atoms with Crippen LogP contribution in [0.1, 0.15) is 42.4 Å². The van der Waals surface area contributed by atoms with Crippen LogP contribution in [0.25, 0.3) is 11.3 Å². The molecule has 1 aromatic heterocycles. The van der Waals surface area contributed by atoms with Crippen molar-refractivity contribution < 1.29 is 24.5 Å². The third kappa shape index (κ3) is 3.09. The van der Waals surface area contributed by atoms with Crippen molar-refractivity contribution in [1.29, 1.82) is 0 Å². The first-order valence-corrected chi connectivity index (χ1v) is 8.49.